The first-order valence-corrected chi connectivity index (χ1v) is 6.86. The van der Waals surface area contributed by atoms with Crippen molar-refractivity contribution < 1.29 is 9.94 Å². The van der Waals surface area contributed by atoms with Crippen LogP contribution in [-0.2, 0) is 0 Å². The molecule has 3 N–H and O–H groups in total. The number of amidine groups is 1. The maximum atomic E-state index is 8.69. The highest BCUT2D eigenvalue weighted by molar-refractivity contribution is 7.98. The SMILES string of the molecule is CSCCCOc1cccc(Cl)c1/C(N)=N/O. The van der Waals surface area contributed by atoms with Crippen LogP contribution in [0.1, 0.15) is 12.0 Å². The van der Waals surface area contributed by atoms with Crippen LogP contribution in [0.4, 0.5) is 0 Å². The molecule has 1 rings (SSSR count). The van der Waals surface area contributed by atoms with E-state index >= 15 is 0 Å². The minimum atomic E-state index is -0.0459. The molecule has 0 fully saturated rings. The van der Waals surface area contributed by atoms with Crippen LogP contribution in [0.25, 0.3) is 0 Å². The van der Waals surface area contributed by atoms with Gasteiger partial charge in [0.15, 0.2) is 5.84 Å². The number of thioether (sulfide) groups is 1. The molecular formula is C11H15ClN2O2S. The molecule has 0 aliphatic heterocycles. The standard InChI is InChI=1S/C11H15ClN2O2S/c1-17-7-3-6-16-9-5-2-4-8(12)10(9)11(13)14-15/h2,4-5,15H,3,6-7H2,1H3,(H2,13,14). The number of halogens is 1. The summed E-state index contributed by atoms with van der Waals surface area (Å²) in [5, 5.41) is 12.0. The Hall–Kier alpha value is -1.07. The summed E-state index contributed by atoms with van der Waals surface area (Å²) < 4.78 is 5.57. The molecule has 0 radical (unpaired) electrons. The van der Waals surface area contributed by atoms with Gasteiger partial charge in [-0.2, -0.15) is 11.8 Å². The topological polar surface area (TPSA) is 67.8 Å². The number of nitrogens with two attached hydrogens (primary N) is 1. The van der Waals surface area contributed by atoms with Crippen LogP contribution in [0.3, 0.4) is 0 Å². The van der Waals surface area contributed by atoms with E-state index in [4.69, 9.17) is 27.3 Å². The maximum Gasteiger partial charge on any atom is 0.175 e. The van der Waals surface area contributed by atoms with Crippen LogP contribution in [0.2, 0.25) is 5.02 Å². The number of ether oxygens (including phenoxy) is 1. The second-order valence-corrected chi connectivity index (χ2v) is 4.69. The van der Waals surface area contributed by atoms with E-state index in [0.717, 1.165) is 12.2 Å². The molecule has 0 aromatic heterocycles. The fraction of sp³-hybridized carbons (Fsp3) is 0.364. The molecule has 94 valence electrons. The lowest BCUT2D eigenvalue weighted by atomic mass is 10.2. The average molecular weight is 275 g/mol. The van der Waals surface area contributed by atoms with Gasteiger partial charge in [-0.1, -0.05) is 22.8 Å². The summed E-state index contributed by atoms with van der Waals surface area (Å²) >= 11 is 7.75. The number of hydrogen-bond acceptors (Lipinski definition) is 4. The monoisotopic (exact) mass is 274 g/mol. The van der Waals surface area contributed by atoms with E-state index in [1.165, 1.54) is 0 Å². The first kappa shape index (κ1) is 14.0. The first-order chi connectivity index (χ1) is 8.20. The van der Waals surface area contributed by atoms with Crippen LogP contribution in [0, 0.1) is 0 Å². The number of hydrogen-bond donors (Lipinski definition) is 2. The molecule has 17 heavy (non-hydrogen) atoms. The number of rotatable bonds is 6. The van der Waals surface area contributed by atoms with Crippen LogP contribution < -0.4 is 10.5 Å². The molecule has 0 saturated heterocycles. The minimum absolute atomic E-state index is 0.0459. The summed E-state index contributed by atoms with van der Waals surface area (Å²) in [5.41, 5.74) is 5.99. The quantitative estimate of drug-likeness (QED) is 0.275. The molecule has 0 amide bonds. The van der Waals surface area contributed by atoms with E-state index < -0.39 is 0 Å². The summed E-state index contributed by atoms with van der Waals surface area (Å²) in [4.78, 5) is 0. The van der Waals surface area contributed by atoms with Crippen molar-refractivity contribution in [3.63, 3.8) is 0 Å². The fourth-order valence-corrected chi connectivity index (χ4v) is 1.98. The van der Waals surface area contributed by atoms with Gasteiger partial charge < -0.3 is 15.7 Å². The van der Waals surface area contributed by atoms with Crippen molar-refractivity contribution >= 4 is 29.2 Å². The molecular weight excluding hydrogens is 260 g/mol. The highest BCUT2D eigenvalue weighted by atomic mass is 35.5. The van der Waals surface area contributed by atoms with E-state index in [0.29, 0.717) is 22.9 Å². The van der Waals surface area contributed by atoms with E-state index in [-0.39, 0.29) is 5.84 Å². The Morgan fingerprint density at radius 3 is 3.00 bits per heavy atom. The molecule has 6 heteroatoms. The molecule has 0 unspecified atom stereocenters. The van der Waals surface area contributed by atoms with Gasteiger partial charge in [0, 0.05) is 0 Å². The molecule has 0 aliphatic carbocycles. The van der Waals surface area contributed by atoms with E-state index in [1.807, 2.05) is 6.26 Å². The lowest BCUT2D eigenvalue weighted by Crippen LogP contribution is -2.16. The third-order valence-corrected chi connectivity index (χ3v) is 3.10. The van der Waals surface area contributed by atoms with Crippen molar-refractivity contribution in [2.24, 2.45) is 10.9 Å². The van der Waals surface area contributed by atoms with Gasteiger partial charge in [-0.3, -0.25) is 0 Å². The lowest BCUT2D eigenvalue weighted by Gasteiger charge is -2.11. The molecule has 1 aromatic carbocycles. The van der Waals surface area contributed by atoms with Gasteiger partial charge in [-0.25, -0.2) is 0 Å². The Labute approximate surface area is 110 Å². The fourth-order valence-electron chi connectivity index (χ4n) is 1.31. The third-order valence-electron chi connectivity index (χ3n) is 2.09. The molecule has 0 aliphatic rings. The summed E-state index contributed by atoms with van der Waals surface area (Å²) in [6.45, 7) is 0.576. The van der Waals surface area contributed by atoms with Gasteiger partial charge in [-0.15, -0.1) is 0 Å². The van der Waals surface area contributed by atoms with Crippen LogP contribution in [-0.4, -0.2) is 29.7 Å². The maximum absolute atomic E-state index is 8.69. The van der Waals surface area contributed by atoms with Gasteiger partial charge in [-0.05, 0) is 30.6 Å². The summed E-state index contributed by atoms with van der Waals surface area (Å²) in [6.07, 6.45) is 2.98. The van der Waals surface area contributed by atoms with Gasteiger partial charge in [0.1, 0.15) is 5.75 Å². The van der Waals surface area contributed by atoms with Gasteiger partial charge >= 0.3 is 0 Å². The van der Waals surface area contributed by atoms with Crippen molar-refractivity contribution in [1.82, 2.24) is 0 Å². The highest BCUT2D eigenvalue weighted by Crippen LogP contribution is 2.26. The van der Waals surface area contributed by atoms with E-state index in [2.05, 4.69) is 5.16 Å². The molecule has 0 heterocycles. The molecule has 0 spiro atoms. The number of oxime groups is 1. The Morgan fingerprint density at radius 2 is 2.35 bits per heavy atom. The van der Waals surface area contributed by atoms with Crippen LogP contribution >= 0.6 is 23.4 Å². The first-order valence-electron chi connectivity index (χ1n) is 5.09. The van der Waals surface area contributed by atoms with Crippen LogP contribution in [0.5, 0.6) is 5.75 Å². The summed E-state index contributed by atoms with van der Waals surface area (Å²) in [5.74, 6) is 1.52. The Kier molecular flexibility index (Phi) is 6.00. The Balaban J connectivity index is 2.80. The predicted molar refractivity (Wildman–Crippen MR) is 72.5 cm³/mol. The Morgan fingerprint density at radius 1 is 1.59 bits per heavy atom. The average Bonchev–Trinajstić information content (AvgIpc) is 2.34. The molecule has 0 bridgehead atoms. The van der Waals surface area contributed by atoms with Crippen LogP contribution in [0.15, 0.2) is 23.4 Å². The zero-order valence-electron chi connectivity index (χ0n) is 9.52. The van der Waals surface area contributed by atoms with Gasteiger partial charge in [0.05, 0.1) is 17.2 Å². The largest absolute Gasteiger partial charge is 0.493 e. The van der Waals surface area contributed by atoms with E-state index in [9.17, 15) is 0 Å². The number of nitrogens with zero attached hydrogens (tertiary/aromatic N) is 1. The summed E-state index contributed by atoms with van der Waals surface area (Å²) in [6, 6.07) is 5.18. The van der Waals surface area contributed by atoms with E-state index in [1.54, 1.807) is 30.0 Å². The van der Waals surface area contributed by atoms with Crippen molar-refractivity contribution in [2.45, 2.75) is 6.42 Å². The van der Waals surface area contributed by atoms with Gasteiger partial charge in [0.2, 0.25) is 0 Å². The summed E-state index contributed by atoms with van der Waals surface area (Å²) in [7, 11) is 0. The molecule has 0 saturated carbocycles. The smallest absolute Gasteiger partial charge is 0.175 e. The Bertz CT molecular complexity index is 399. The molecule has 4 nitrogen and oxygen atoms in total. The predicted octanol–water partition coefficient (Wildman–Crippen LogP) is 2.57. The third kappa shape index (κ3) is 4.02. The zero-order chi connectivity index (χ0) is 12.7. The lowest BCUT2D eigenvalue weighted by molar-refractivity contribution is 0.312. The van der Waals surface area contributed by atoms with Crippen molar-refractivity contribution in [3.05, 3.63) is 28.8 Å². The van der Waals surface area contributed by atoms with Crippen molar-refractivity contribution in [3.8, 4) is 5.75 Å². The minimum Gasteiger partial charge on any atom is -0.493 e. The molecule has 0 atom stereocenters. The molecule has 1 aromatic rings. The second-order valence-electron chi connectivity index (χ2n) is 3.29. The second kappa shape index (κ2) is 7.29. The normalized spacial score (nSPS) is 11.5. The van der Waals surface area contributed by atoms with Crippen molar-refractivity contribution in [2.75, 3.05) is 18.6 Å². The van der Waals surface area contributed by atoms with Crippen molar-refractivity contribution in [1.29, 1.82) is 0 Å². The number of benzene rings is 1. The van der Waals surface area contributed by atoms with Gasteiger partial charge in [0.25, 0.3) is 0 Å². The zero-order valence-corrected chi connectivity index (χ0v) is 11.1. The highest BCUT2D eigenvalue weighted by Gasteiger charge is 2.12.